The Morgan fingerprint density at radius 2 is 2.25 bits per heavy atom. The van der Waals surface area contributed by atoms with Crippen LogP contribution in [0.1, 0.15) is 18.4 Å². The van der Waals surface area contributed by atoms with E-state index < -0.39 is 5.97 Å². The van der Waals surface area contributed by atoms with Crippen molar-refractivity contribution in [1.82, 2.24) is 19.9 Å². The highest BCUT2D eigenvalue weighted by Crippen LogP contribution is 2.19. The molecule has 0 atom stereocenters. The molecular formula is C18H20N4O5S. The lowest BCUT2D eigenvalue weighted by molar-refractivity contribution is -0.143. The summed E-state index contributed by atoms with van der Waals surface area (Å²) in [6.07, 6.45) is 1.53. The number of carbonyl (C=O) groups is 2. The van der Waals surface area contributed by atoms with Gasteiger partial charge in [-0.05, 0) is 32.0 Å². The van der Waals surface area contributed by atoms with Gasteiger partial charge in [0.05, 0.1) is 30.7 Å². The molecule has 3 rings (SSSR count). The molecule has 0 aromatic carbocycles. The van der Waals surface area contributed by atoms with Crippen molar-refractivity contribution < 1.29 is 18.7 Å². The number of hydrogen-bond acceptors (Lipinski definition) is 7. The Labute approximate surface area is 164 Å². The van der Waals surface area contributed by atoms with Gasteiger partial charge >= 0.3 is 5.97 Å². The molecule has 10 heteroatoms. The maximum atomic E-state index is 12.9. The average Bonchev–Trinajstić information content (AvgIpc) is 3.30. The summed E-state index contributed by atoms with van der Waals surface area (Å²) >= 11 is 1.11. The van der Waals surface area contributed by atoms with E-state index in [9.17, 15) is 14.4 Å². The monoisotopic (exact) mass is 404 g/mol. The second kappa shape index (κ2) is 8.79. The minimum absolute atomic E-state index is 0.00108. The van der Waals surface area contributed by atoms with Gasteiger partial charge in [-0.3, -0.25) is 19.0 Å². The number of thioether (sulfide) groups is 1. The molecule has 28 heavy (non-hydrogen) atoms. The highest BCUT2D eigenvalue weighted by Gasteiger charge is 2.16. The molecule has 148 valence electrons. The maximum absolute atomic E-state index is 12.9. The van der Waals surface area contributed by atoms with Crippen LogP contribution in [-0.2, 0) is 20.9 Å². The molecule has 0 aliphatic rings. The van der Waals surface area contributed by atoms with Crippen molar-refractivity contribution in [1.29, 1.82) is 0 Å². The molecule has 0 spiro atoms. The highest BCUT2D eigenvalue weighted by molar-refractivity contribution is 7.99. The largest absolute Gasteiger partial charge is 0.467 e. The number of amides is 1. The molecule has 1 amide bonds. The van der Waals surface area contributed by atoms with Gasteiger partial charge in [0.25, 0.3) is 5.56 Å². The van der Waals surface area contributed by atoms with E-state index in [4.69, 9.17) is 9.15 Å². The first-order chi connectivity index (χ1) is 13.5. The van der Waals surface area contributed by atoms with Gasteiger partial charge in [-0.2, -0.15) is 0 Å². The topological polar surface area (TPSA) is 119 Å². The maximum Gasteiger partial charge on any atom is 0.325 e. The first-order valence-electron chi connectivity index (χ1n) is 8.65. The predicted molar refractivity (Wildman–Crippen MR) is 103 cm³/mol. The van der Waals surface area contributed by atoms with Crippen LogP contribution in [0.3, 0.4) is 0 Å². The third kappa shape index (κ3) is 4.63. The number of nitrogens with zero attached hydrogens (tertiary/aromatic N) is 2. The zero-order chi connectivity index (χ0) is 20.1. The lowest BCUT2D eigenvalue weighted by atomic mass is 10.4. The van der Waals surface area contributed by atoms with Crippen LogP contribution in [0.15, 0.2) is 38.8 Å². The second-order valence-electron chi connectivity index (χ2n) is 5.95. The Hall–Kier alpha value is -3.01. The second-order valence-corrected chi connectivity index (χ2v) is 6.89. The molecule has 0 aliphatic heterocycles. The zero-order valence-electron chi connectivity index (χ0n) is 15.5. The Morgan fingerprint density at radius 3 is 2.96 bits per heavy atom. The number of hydrogen-bond donors (Lipinski definition) is 2. The van der Waals surface area contributed by atoms with Crippen molar-refractivity contribution >= 4 is 34.7 Å². The van der Waals surface area contributed by atoms with Gasteiger partial charge in [-0.1, -0.05) is 11.8 Å². The van der Waals surface area contributed by atoms with Crippen LogP contribution in [0.25, 0.3) is 11.0 Å². The third-order valence-electron chi connectivity index (χ3n) is 3.80. The van der Waals surface area contributed by atoms with Gasteiger partial charge < -0.3 is 19.5 Å². The molecule has 0 saturated heterocycles. The highest BCUT2D eigenvalue weighted by atomic mass is 32.2. The number of aryl methyl sites for hydroxylation is 1. The van der Waals surface area contributed by atoms with Crippen LogP contribution in [0.5, 0.6) is 0 Å². The fraction of sp³-hybridized carbons (Fsp3) is 0.333. The van der Waals surface area contributed by atoms with E-state index >= 15 is 0 Å². The molecule has 0 fully saturated rings. The van der Waals surface area contributed by atoms with Gasteiger partial charge in [-0.25, -0.2) is 4.98 Å². The standard InChI is InChI=1S/C18H20N4O5S/c1-3-26-15(24)8-19-14(23)10-28-18-21-13-7-11(2)20-16(13)17(25)22(18)9-12-5-4-6-27-12/h4-7,20H,3,8-10H2,1-2H3,(H,19,23). The van der Waals surface area contributed by atoms with Gasteiger partial charge in [0.15, 0.2) is 5.16 Å². The molecule has 0 saturated carbocycles. The summed E-state index contributed by atoms with van der Waals surface area (Å²) in [6, 6.07) is 5.27. The molecule has 0 aliphatic carbocycles. The molecule has 0 radical (unpaired) electrons. The van der Waals surface area contributed by atoms with E-state index in [2.05, 4.69) is 15.3 Å². The molecule has 9 nitrogen and oxygen atoms in total. The molecule has 3 aromatic rings. The Morgan fingerprint density at radius 1 is 1.43 bits per heavy atom. The summed E-state index contributed by atoms with van der Waals surface area (Å²) in [7, 11) is 0. The molecule has 3 aromatic heterocycles. The smallest absolute Gasteiger partial charge is 0.325 e. The summed E-state index contributed by atoms with van der Waals surface area (Å²) in [4.78, 5) is 43.8. The first-order valence-corrected chi connectivity index (χ1v) is 9.64. The van der Waals surface area contributed by atoms with Crippen molar-refractivity contribution in [2.45, 2.75) is 25.5 Å². The SMILES string of the molecule is CCOC(=O)CNC(=O)CSc1nc2cc(C)[nH]c2c(=O)n1Cc1ccco1. The number of aromatic nitrogens is 3. The van der Waals surface area contributed by atoms with Crippen molar-refractivity contribution in [2.24, 2.45) is 0 Å². The number of furan rings is 1. The summed E-state index contributed by atoms with van der Waals surface area (Å²) < 4.78 is 11.6. The van der Waals surface area contributed by atoms with Crippen LogP contribution in [0, 0.1) is 6.92 Å². The van der Waals surface area contributed by atoms with E-state index in [1.807, 2.05) is 6.92 Å². The van der Waals surface area contributed by atoms with Gasteiger partial charge in [0, 0.05) is 5.69 Å². The number of nitrogens with one attached hydrogen (secondary N) is 2. The van der Waals surface area contributed by atoms with Crippen molar-refractivity contribution in [2.75, 3.05) is 18.9 Å². The number of ether oxygens (including phenoxy) is 1. The molecular weight excluding hydrogens is 384 g/mol. The van der Waals surface area contributed by atoms with Crippen LogP contribution >= 0.6 is 11.8 Å². The van der Waals surface area contributed by atoms with Crippen molar-refractivity contribution in [3.8, 4) is 0 Å². The Balaban J connectivity index is 1.79. The number of fused-ring (bicyclic) bond motifs is 1. The van der Waals surface area contributed by atoms with Gasteiger partial charge in [-0.15, -0.1) is 0 Å². The molecule has 0 unspecified atom stereocenters. The van der Waals surface area contributed by atoms with Gasteiger partial charge in [0.2, 0.25) is 5.91 Å². The Kier molecular flexibility index (Phi) is 6.19. The van der Waals surface area contributed by atoms with Crippen molar-refractivity contribution in [3.63, 3.8) is 0 Å². The number of carbonyl (C=O) groups excluding carboxylic acids is 2. The number of H-pyrrole nitrogens is 1. The van der Waals surface area contributed by atoms with E-state index in [1.54, 1.807) is 25.1 Å². The Bertz CT molecular complexity index is 1040. The lowest BCUT2D eigenvalue weighted by Gasteiger charge is -2.11. The predicted octanol–water partition coefficient (Wildman–Crippen LogP) is 1.45. The van der Waals surface area contributed by atoms with Gasteiger partial charge in [0.1, 0.15) is 17.8 Å². The number of esters is 1. The number of aromatic amines is 1. The fourth-order valence-corrected chi connectivity index (χ4v) is 3.41. The lowest BCUT2D eigenvalue weighted by Crippen LogP contribution is -2.32. The summed E-state index contributed by atoms with van der Waals surface area (Å²) in [5.41, 5.74) is 1.51. The quantitative estimate of drug-likeness (QED) is 0.331. The van der Waals surface area contributed by atoms with Crippen LogP contribution in [0.4, 0.5) is 0 Å². The van der Waals surface area contributed by atoms with Crippen LogP contribution < -0.4 is 10.9 Å². The van der Waals surface area contributed by atoms with Crippen LogP contribution in [0.2, 0.25) is 0 Å². The summed E-state index contributed by atoms with van der Waals surface area (Å²) in [5, 5.41) is 2.87. The van der Waals surface area contributed by atoms with E-state index in [1.165, 1.54) is 10.8 Å². The molecule has 0 bridgehead atoms. The summed E-state index contributed by atoms with van der Waals surface area (Å²) in [6.45, 7) is 3.78. The third-order valence-corrected chi connectivity index (χ3v) is 4.78. The first kappa shape index (κ1) is 19.7. The fourth-order valence-electron chi connectivity index (χ4n) is 2.58. The minimum atomic E-state index is -0.502. The normalized spacial score (nSPS) is 10.9. The van der Waals surface area contributed by atoms with Crippen LogP contribution in [-0.4, -0.2) is 45.3 Å². The van der Waals surface area contributed by atoms with Crippen molar-refractivity contribution in [3.05, 3.63) is 46.3 Å². The van der Waals surface area contributed by atoms with E-state index in [-0.39, 0.29) is 36.9 Å². The molecule has 3 heterocycles. The van der Waals surface area contributed by atoms with E-state index in [0.29, 0.717) is 22.0 Å². The number of rotatable bonds is 8. The minimum Gasteiger partial charge on any atom is -0.467 e. The van der Waals surface area contributed by atoms with E-state index in [0.717, 1.165) is 17.5 Å². The average molecular weight is 404 g/mol. The zero-order valence-corrected chi connectivity index (χ0v) is 16.3. The summed E-state index contributed by atoms with van der Waals surface area (Å²) in [5.74, 6) is -0.265. The molecule has 2 N–H and O–H groups in total.